The topological polar surface area (TPSA) is 59.6 Å². The van der Waals surface area contributed by atoms with Crippen LogP contribution >= 0.6 is 0 Å². The van der Waals surface area contributed by atoms with E-state index in [4.69, 9.17) is 9.47 Å². The van der Waals surface area contributed by atoms with Crippen LogP contribution in [0.1, 0.15) is 42.3 Å². The Morgan fingerprint density at radius 1 is 1.23 bits per heavy atom. The number of hydrogen-bond acceptors (Lipinski definition) is 4. The number of hydrogen-bond donors (Lipinski definition) is 2. The molecule has 166 valence electrons. The van der Waals surface area contributed by atoms with Crippen molar-refractivity contribution < 1.29 is 27.4 Å². The van der Waals surface area contributed by atoms with Gasteiger partial charge in [-0.05, 0) is 49.6 Å². The predicted molar refractivity (Wildman–Crippen MR) is 110 cm³/mol. The number of alkyl halides is 3. The van der Waals surface area contributed by atoms with Crippen molar-refractivity contribution in [1.82, 2.24) is 5.32 Å². The van der Waals surface area contributed by atoms with E-state index in [1.54, 1.807) is 12.1 Å². The minimum absolute atomic E-state index is 0.0339. The standard InChI is InChI=1S/C23H25F3N2O3/c1-30-19-9-8-17(28-21(29)23(24,25)26)12-18(19)16-13-22(31-14-16)10-5-11-27-20(22)15-6-3-2-4-7-15/h2-4,6-9,12,16,20,27H,5,10-11,13-14H2,1H3,(H,28,29). The quantitative estimate of drug-likeness (QED) is 0.741. The molecule has 2 heterocycles. The Balaban J connectivity index is 1.60. The molecular formula is C23H25F3N2O3. The number of carbonyl (C=O) groups excluding carboxylic acids is 1. The van der Waals surface area contributed by atoms with Crippen LogP contribution in [0.3, 0.4) is 0 Å². The monoisotopic (exact) mass is 434 g/mol. The van der Waals surface area contributed by atoms with Gasteiger partial charge in [-0.3, -0.25) is 4.79 Å². The summed E-state index contributed by atoms with van der Waals surface area (Å²) in [6.45, 7) is 1.33. The molecule has 2 aliphatic heterocycles. The average Bonchev–Trinajstić information content (AvgIpc) is 3.18. The van der Waals surface area contributed by atoms with Crippen molar-refractivity contribution in [1.29, 1.82) is 0 Å². The number of nitrogens with one attached hydrogen (secondary N) is 2. The maximum Gasteiger partial charge on any atom is 0.471 e. The lowest BCUT2D eigenvalue weighted by atomic mass is 9.77. The fourth-order valence-corrected chi connectivity index (χ4v) is 4.74. The van der Waals surface area contributed by atoms with E-state index in [9.17, 15) is 18.0 Å². The van der Waals surface area contributed by atoms with Crippen molar-refractivity contribution in [3.63, 3.8) is 0 Å². The summed E-state index contributed by atoms with van der Waals surface area (Å²) in [6, 6.07) is 14.7. The fourth-order valence-electron chi connectivity index (χ4n) is 4.74. The second-order valence-electron chi connectivity index (χ2n) is 8.09. The van der Waals surface area contributed by atoms with Gasteiger partial charge in [0.25, 0.3) is 0 Å². The smallest absolute Gasteiger partial charge is 0.471 e. The molecule has 3 atom stereocenters. The summed E-state index contributed by atoms with van der Waals surface area (Å²) < 4.78 is 49.9. The molecule has 5 nitrogen and oxygen atoms in total. The molecule has 0 saturated carbocycles. The third-order valence-corrected chi connectivity index (χ3v) is 6.13. The van der Waals surface area contributed by atoms with Gasteiger partial charge in [0.1, 0.15) is 5.75 Å². The Morgan fingerprint density at radius 3 is 2.71 bits per heavy atom. The van der Waals surface area contributed by atoms with Gasteiger partial charge < -0.3 is 20.1 Å². The van der Waals surface area contributed by atoms with Crippen molar-refractivity contribution in [3.05, 3.63) is 59.7 Å². The second kappa shape index (κ2) is 8.51. The van der Waals surface area contributed by atoms with E-state index in [1.807, 2.05) is 23.5 Å². The number of methoxy groups -OCH3 is 1. The van der Waals surface area contributed by atoms with Crippen LogP contribution in [0.4, 0.5) is 18.9 Å². The van der Waals surface area contributed by atoms with Crippen LogP contribution in [0.5, 0.6) is 5.75 Å². The zero-order valence-corrected chi connectivity index (χ0v) is 17.2. The molecule has 31 heavy (non-hydrogen) atoms. The van der Waals surface area contributed by atoms with E-state index in [0.717, 1.165) is 30.5 Å². The van der Waals surface area contributed by atoms with Crippen molar-refractivity contribution in [2.45, 2.75) is 43.0 Å². The molecule has 2 aromatic rings. The average molecular weight is 434 g/mol. The van der Waals surface area contributed by atoms with Gasteiger partial charge in [-0.25, -0.2) is 0 Å². The number of rotatable bonds is 4. The van der Waals surface area contributed by atoms with Crippen LogP contribution in [0, 0.1) is 0 Å². The number of ether oxygens (including phenoxy) is 2. The molecule has 3 unspecified atom stereocenters. The van der Waals surface area contributed by atoms with Crippen LogP contribution in [-0.2, 0) is 9.53 Å². The molecular weight excluding hydrogens is 409 g/mol. The van der Waals surface area contributed by atoms with Gasteiger partial charge in [-0.15, -0.1) is 0 Å². The molecule has 2 aromatic carbocycles. The van der Waals surface area contributed by atoms with Crippen LogP contribution in [0.2, 0.25) is 0 Å². The normalized spacial score (nSPS) is 26.1. The van der Waals surface area contributed by atoms with Crippen LogP contribution < -0.4 is 15.4 Å². The van der Waals surface area contributed by atoms with E-state index >= 15 is 0 Å². The second-order valence-corrected chi connectivity index (χ2v) is 8.09. The zero-order valence-electron chi connectivity index (χ0n) is 17.2. The molecule has 1 amide bonds. The predicted octanol–water partition coefficient (Wildman–Crippen LogP) is 4.56. The summed E-state index contributed by atoms with van der Waals surface area (Å²) in [5.41, 5.74) is 1.57. The van der Waals surface area contributed by atoms with E-state index in [2.05, 4.69) is 17.4 Å². The van der Waals surface area contributed by atoms with Crippen molar-refractivity contribution in [3.8, 4) is 5.75 Å². The highest BCUT2D eigenvalue weighted by Gasteiger charge is 2.49. The first-order chi connectivity index (χ1) is 14.8. The number of benzene rings is 2. The maximum absolute atomic E-state index is 12.7. The molecule has 2 saturated heterocycles. The molecule has 0 aromatic heterocycles. The summed E-state index contributed by atoms with van der Waals surface area (Å²) in [5.74, 6) is -1.50. The van der Waals surface area contributed by atoms with E-state index in [0.29, 0.717) is 18.8 Å². The van der Waals surface area contributed by atoms with Gasteiger partial charge in [-0.2, -0.15) is 13.2 Å². The van der Waals surface area contributed by atoms with Gasteiger partial charge >= 0.3 is 12.1 Å². The number of amides is 1. The van der Waals surface area contributed by atoms with Crippen molar-refractivity contribution in [2.24, 2.45) is 0 Å². The lowest BCUT2D eigenvalue weighted by molar-refractivity contribution is -0.167. The van der Waals surface area contributed by atoms with Crippen LogP contribution in [-0.4, -0.2) is 37.9 Å². The summed E-state index contributed by atoms with van der Waals surface area (Å²) in [5, 5.41) is 5.51. The molecule has 8 heteroatoms. The number of carbonyl (C=O) groups is 1. The minimum Gasteiger partial charge on any atom is -0.496 e. The highest BCUT2D eigenvalue weighted by molar-refractivity contribution is 5.95. The lowest BCUT2D eigenvalue weighted by Crippen LogP contribution is -2.48. The molecule has 4 rings (SSSR count). The Hall–Kier alpha value is -2.58. The number of piperidine rings is 1. The van der Waals surface area contributed by atoms with Crippen molar-refractivity contribution >= 4 is 11.6 Å². The zero-order chi connectivity index (χ0) is 22.1. The first-order valence-corrected chi connectivity index (χ1v) is 10.3. The van der Waals surface area contributed by atoms with Crippen LogP contribution in [0.15, 0.2) is 48.5 Å². The van der Waals surface area contributed by atoms with E-state index in [-0.39, 0.29) is 17.6 Å². The van der Waals surface area contributed by atoms with Gasteiger partial charge in [0.15, 0.2) is 0 Å². The number of anilines is 1. The first kappa shape index (κ1) is 21.6. The maximum atomic E-state index is 12.7. The third kappa shape index (κ3) is 4.41. The largest absolute Gasteiger partial charge is 0.496 e. The molecule has 0 bridgehead atoms. The van der Waals surface area contributed by atoms with E-state index < -0.39 is 17.7 Å². The number of halogens is 3. The van der Waals surface area contributed by atoms with Gasteiger partial charge in [0.05, 0.1) is 25.4 Å². The molecule has 2 fully saturated rings. The van der Waals surface area contributed by atoms with E-state index in [1.165, 1.54) is 13.2 Å². The highest BCUT2D eigenvalue weighted by atomic mass is 19.4. The van der Waals surface area contributed by atoms with Gasteiger partial charge in [0.2, 0.25) is 0 Å². The Kier molecular flexibility index (Phi) is 5.94. The van der Waals surface area contributed by atoms with Gasteiger partial charge in [0, 0.05) is 17.2 Å². The molecule has 1 spiro atoms. The Morgan fingerprint density at radius 2 is 2.00 bits per heavy atom. The summed E-state index contributed by atoms with van der Waals surface area (Å²) in [4.78, 5) is 11.4. The Bertz CT molecular complexity index is 935. The Labute approximate surface area is 178 Å². The molecule has 2 N–H and O–H groups in total. The molecule has 0 aliphatic carbocycles. The highest BCUT2D eigenvalue weighted by Crippen LogP contribution is 2.49. The van der Waals surface area contributed by atoms with Crippen LogP contribution in [0.25, 0.3) is 0 Å². The fraction of sp³-hybridized carbons (Fsp3) is 0.435. The molecule has 0 radical (unpaired) electrons. The third-order valence-electron chi connectivity index (χ3n) is 6.13. The lowest BCUT2D eigenvalue weighted by Gasteiger charge is -2.41. The molecule has 2 aliphatic rings. The van der Waals surface area contributed by atoms with Gasteiger partial charge in [-0.1, -0.05) is 30.3 Å². The first-order valence-electron chi connectivity index (χ1n) is 10.3. The SMILES string of the molecule is COc1ccc(NC(=O)C(F)(F)F)cc1C1COC2(CCCNC2c2ccccc2)C1. The summed E-state index contributed by atoms with van der Waals surface area (Å²) in [7, 11) is 1.52. The summed E-state index contributed by atoms with van der Waals surface area (Å²) >= 11 is 0. The minimum atomic E-state index is -4.95. The summed E-state index contributed by atoms with van der Waals surface area (Å²) in [6.07, 6.45) is -2.37. The van der Waals surface area contributed by atoms with Crippen molar-refractivity contribution in [2.75, 3.05) is 25.6 Å².